The highest BCUT2D eigenvalue weighted by Crippen LogP contribution is 2.38. The summed E-state index contributed by atoms with van der Waals surface area (Å²) in [6, 6.07) is 14.8. The van der Waals surface area contributed by atoms with Gasteiger partial charge in [0.05, 0.1) is 16.7 Å². The molecule has 8 nitrogen and oxygen atoms in total. The quantitative estimate of drug-likeness (QED) is 0.549. The van der Waals surface area contributed by atoms with Gasteiger partial charge in [-0.1, -0.05) is 42.5 Å². The Morgan fingerprint density at radius 3 is 2.48 bits per heavy atom. The molecule has 0 unspecified atom stereocenters. The number of H-pyrrole nitrogens is 1. The van der Waals surface area contributed by atoms with Gasteiger partial charge in [0.15, 0.2) is 5.58 Å². The molecule has 1 amide bonds. The first-order valence-electron chi connectivity index (χ1n) is 10.8. The van der Waals surface area contributed by atoms with Gasteiger partial charge in [0.1, 0.15) is 6.61 Å². The predicted molar refractivity (Wildman–Crippen MR) is 126 cm³/mol. The van der Waals surface area contributed by atoms with E-state index in [2.05, 4.69) is 10.3 Å². The van der Waals surface area contributed by atoms with Crippen LogP contribution in [-0.2, 0) is 20.7 Å². The van der Waals surface area contributed by atoms with Crippen molar-refractivity contribution in [3.8, 4) is 0 Å². The van der Waals surface area contributed by atoms with E-state index in [0.29, 0.717) is 16.6 Å². The van der Waals surface area contributed by atoms with Crippen LogP contribution in [0.3, 0.4) is 0 Å². The Morgan fingerprint density at radius 1 is 1.09 bits per heavy atom. The minimum atomic E-state index is -0.668. The standard InChI is InChI=1S/C24H27BN2O6/c1-23(2)24(3,4)33-25(32-23)18(12-17-10-11-19-20(13-17)31-22(29)27-19)14-26-21(28)30-15-16-8-6-5-7-9-16/h5-13H,14-15H2,1-4H3,(H,26,28)(H,27,29). The van der Waals surface area contributed by atoms with Crippen LogP contribution in [0, 0.1) is 0 Å². The molecule has 33 heavy (non-hydrogen) atoms. The van der Waals surface area contributed by atoms with Crippen molar-refractivity contribution in [2.24, 2.45) is 0 Å². The number of oxazole rings is 1. The third kappa shape index (κ3) is 5.21. The summed E-state index contributed by atoms with van der Waals surface area (Å²) in [6.45, 7) is 8.18. The minimum Gasteiger partial charge on any atom is -0.445 e. The molecule has 2 aromatic carbocycles. The average Bonchev–Trinajstić information content (AvgIpc) is 3.24. The molecular weight excluding hydrogens is 423 g/mol. The monoisotopic (exact) mass is 450 g/mol. The number of alkyl carbamates (subject to hydrolysis) is 1. The molecule has 4 rings (SSSR count). The number of hydrogen-bond donors (Lipinski definition) is 2. The highest BCUT2D eigenvalue weighted by atomic mass is 16.7. The highest BCUT2D eigenvalue weighted by molar-refractivity contribution is 6.56. The largest absolute Gasteiger partial charge is 0.492 e. The molecule has 172 valence electrons. The van der Waals surface area contributed by atoms with E-state index in [1.165, 1.54) is 0 Å². The molecule has 1 aliphatic heterocycles. The van der Waals surface area contributed by atoms with Crippen LogP contribution in [0.25, 0.3) is 17.2 Å². The Bertz CT molecular complexity index is 1210. The van der Waals surface area contributed by atoms with Gasteiger partial charge >= 0.3 is 19.0 Å². The zero-order chi connectivity index (χ0) is 23.6. The summed E-state index contributed by atoms with van der Waals surface area (Å²) in [5.74, 6) is -0.514. The van der Waals surface area contributed by atoms with Gasteiger partial charge in [-0.15, -0.1) is 0 Å². The first kappa shape index (κ1) is 22.9. The number of aromatic amines is 1. The highest BCUT2D eigenvalue weighted by Gasteiger charge is 2.52. The average molecular weight is 450 g/mol. The zero-order valence-corrected chi connectivity index (χ0v) is 19.1. The lowest BCUT2D eigenvalue weighted by molar-refractivity contribution is 0.00578. The molecule has 3 aromatic rings. The number of rotatable bonds is 6. The second kappa shape index (κ2) is 8.92. The van der Waals surface area contributed by atoms with Crippen molar-refractivity contribution in [3.63, 3.8) is 0 Å². The van der Waals surface area contributed by atoms with E-state index in [4.69, 9.17) is 18.5 Å². The third-order valence-electron chi connectivity index (χ3n) is 6.00. The fraction of sp³-hybridized carbons (Fsp3) is 0.333. The molecule has 0 atom stereocenters. The number of amides is 1. The van der Waals surface area contributed by atoms with Gasteiger partial charge in [-0.05, 0) is 56.4 Å². The van der Waals surface area contributed by atoms with Crippen LogP contribution in [0.1, 0.15) is 38.8 Å². The van der Waals surface area contributed by atoms with Gasteiger partial charge < -0.3 is 23.8 Å². The fourth-order valence-electron chi connectivity index (χ4n) is 3.41. The lowest BCUT2D eigenvalue weighted by Gasteiger charge is -2.32. The van der Waals surface area contributed by atoms with Crippen molar-refractivity contribution >= 4 is 30.4 Å². The Morgan fingerprint density at radius 2 is 1.79 bits per heavy atom. The number of aromatic nitrogens is 1. The van der Waals surface area contributed by atoms with Crippen LogP contribution < -0.4 is 11.1 Å². The van der Waals surface area contributed by atoms with E-state index in [1.807, 2.05) is 70.2 Å². The number of carbonyl (C=O) groups is 1. The molecule has 1 fully saturated rings. The van der Waals surface area contributed by atoms with E-state index in [-0.39, 0.29) is 13.2 Å². The summed E-state index contributed by atoms with van der Waals surface area (Å²) in [5, 5.41) is 2.78. The van der Waals surface area contributed by atoms with Gasteiger partial charge in [0, 0.05) is 6.54 Å². The second-order valence-electron chi connectivity index (χ2n) is 8.99. The molecule has 1 saturated heterocycles. The summed E-state index contributed by atoms with van der Waals surface area (Å²) in [6.07, 6.45) is 1.31. The van der Waals surface area contributed by atoms with Crippen LogP contribution >= 0.6 is 0 Å². The van der Waals surface area contributed by atoms with Crippen molar-refractivity contribution in [1.29, 1.82) is 0 Å². The van der Waals surface area contributed by atoms with Crippen LogP contribution in [0.4, 0.5) is 4.79 Å². The zero-order valence-electron chi connectivity index (χ0n) is 19.1. The number of ether oxygens (including phenoxy) is 1. The summed E-state index contributed by atoms with van der Waals surface area (Å²) in [4.78, 5) is 26.4. The van der Waals surface area contributed by atoms with E-state index >= 15 is 0 Å². The Kier molecular flexibility index (Phi) is 6.18. The predicted octanol–water partition coefficient (Wildman–Crippen LogP) is 4.06. The Labute approximate surface area is 192 Å². The summed E-state index contributed by atoms with van der Waals surface area (Å²) in [7, 11) is -0.668. The molecule has 0 radical (unpaired) electrons. The van der Waals surface area contributed by atoms with Gasteiger partial charge in [-0.25, -0.2) is 9.59 Å². The van der Waals surface area contributed by atoms with Crippen molar-refractivity contribution in [2.75, 3.05) is 6.54 Å². The topological polar surface area (TPSA) is 103 Å². The van der Waals surface area contributed by atoms with Crippen molar-refractivity contribution in [3.05, 3.63) is 75.7 Å². The van der Waals surface area contributed by atoms with Crippen molar-refractivity contribution < 1.29 is 23.3 Å². The molecule has 0 spiro atoms. The maximum absolute atomic E-state index is 12.3. The smallest absolute Gasteiger partial charge is 0.445 e. The molecule has 2 N–H and O–H groups in total. The number of carbonyl (C=O) groups excluding carboxylic acids is 1. The van der Waals surface area contributed by atoms with E-state index in [1.54, 1.807) is 12.1 Å². The van der Waals surface area contributed by atoms with Crippen LogP contribution in [0.5, 0.6) is 0 Å². The van der Waals surface area contributed by atoms with Gasteiger partial charge in [0.2, 0.25) is 0 Å². The fourth-order valence-corrected chi connectivity index (χ4v) is 3.41. The van der Waals surface area contributed by atoms with E-state index in [9.17, 15) is 9.59 Å². The molecule has 2 heterocycles. The van der Waals surface area contributed by atoms with Gasteiger partial charge in [-0.2, -0.15) is 0 Å². The number of hydrogen-bond acceptors (Lipinski definition) is 6. The third-order valence-corrected chi connectivity index (χ3v) is 6.00. The summed E-state index contributed by atoms with van der Waals surface area (Å²) < 4.78 is 22.9. The first-order valence-corrected chi connectivity index (χ1v) is 10.8. The Hall–Kier alpha value is -3.30. The summed E-state index contributed by atoms with van der Waals surface area (Å²) >= 11 is 0. The van der Waals surface area contributed by atoms with E-state index < -0.39 is 30.2 Å². The second-order valence-corrected chi connectivity index (χ2v) is 8.99. The van der Waals surface area contributed by atoms with Crippen molar-refractivity contribution in [1.82, 2.24) is 10.3 Å². The van der Waals surface area contributed by atoms with Gasteiger partial charge in [0.25, 0.3) is 0 Å². The molecule has 0 saturated carbocycles. The molecule has 0 aliphatic carbocycles. The SMILES string of the molecule is CC1(C)OB(C(=Cc2ccc3[nH]c(=O)oc3c2)CNC(=O)OCc2ccccc2)OC1(C)C. The minimum absolute atomic E-state index is 0.152. The molecule has 1 aliphatic rings. The van der Waals surface area contributed by atoms with Crippen LogP contribution in [0.15, 0.2) is 63.2 Å². The normalized spacial score (nSPS) is 17.3. The molecule has 0 bridgehead atoms. The molecular formula is C24H27BN2O6. The lowest BCUT2D eigenvalue weighted by atomic mass is 9.77. The number of benzene rings is 2. The number of fused-ring (bicyclic) bond motifs is 1. The van der Waals surface area contributed by atoms with Crippen molar-refractivity contribution in [2.45, 2.75) is 45.5 Å². The lowest BCUT2D eigenvalue weighted by Crippen LogP contribution is -2.41. The Balaban J connectivity index is 1.52. The van der Waals surface area contributed by atoms with Crippen LogP contribution in [0.2, 0.25) is 0 Å². The van der Waals surface area contributed by atoms with Crippen LogP contribution in [-0.4, -0.2) is 35.9 Å². The molecule has 1 aromatic heterocycles. The first-order chi connectivity index (χ1) is 15.6. The maximum atomic E-state index is 12.3. The van der Waals surface area contributed by atoms with E-state index in [0.717, 1.165) is 11.1 Å². The molecule has 9 heteroatoms. The number of nitrogens with one attached hydrogen (secondary N) is 2. The summed E-state index contributed by atoms with van der Waals surface area (Å²) in [5.41, 5.74) is 2.34. The van der Waals surface area contributed by atoms with Gasteiger partial charge in [-0.3, -0.25) is 4.98 Å². The maximum Gasteiger partial charge on any atom is 0.492 e.